The van der Waals surface area contributed by atoms with Crippen molar-refractivity contribution in [3.05, 3.63) is 102 Å². The molecule has 4 aromatic rings. The van der Waals surface area contributed by atoms with Gasteiger partial charge in [0, 0.05) is 5.56 Å². The highest BCUT2D eigenvalue weighted by atomic mass is 32.2. The van der Waals surface area contributed by atoms with E-state index in [1.807, 2.05) is 48.0 Å². The second-order valence-electron chi connectivity index (χ2n) is 7.25. The van der Waals surface area contributed by atoms with Gasteiger partial charge in [0.05, 0.1) is 10.5 Å². The lowest BCUT2D eigenvalue weighted by atomic mass is 10.2. The van der Waals surface area contributed by atoms with Crippen LogP contribution in [0.4, 0.5) is 0 Å². The van der Waals surface area contributed by atoms with Crippen LogP contribution in [0.3, 0.4) is 0 Å². The van der Waals surface area contributed by atoms with Crippen LogP contribution in [0.1, 0.15) is 21.6 Å². The van der Waals surface area contributed by atoms with Crippen LogP contribution < -0.4 is 9.29 Å². The van der Waals surface area contributed by atoms with E-state index < -0.39 is 21.9 Å². The van der Waals surface area contributed by atoms with Gasteiger partial charge in [0.15, 0.2) is 6.54 Å². The second kappa shape index (κ2) is 8.68. The molecular weight excluding hydrogens is 428 g/mol. The Balaban J connectivity index is 1.76. The van der Waals surface area contributed by atoms with Gasteiger partial charge in [0.1, 0.15) is 0 Å². The van der Waals surface area contributed by atoms with Gasteiger partial charge in [-0.05, 0) is 31.2 Å². The SMILES string of the molecule is Cc1ccc(S(=O)(=O)NC(=O)c2c(O)oc(-c3ccccc3)[n+]2Cc2ccccc2)cc1. The number of aryl methyl sites for hydroxylation is 1. The molecule has 0 saturated heterocycles. The van der Waals surface area contributed by atoms with E-state index in [4.69, 9.17) is 4.42 Å². The van der Waals surface area contributed by atoms with Crippen molar-refractivity contribution in [3.8, 4) is 17.4 Å². The van der Waals surface area contributed by atoms with E-state index in [1.165, 1.54) is 16.7 Å². The van der Waals surface area contributed by atoms with Crippen LogP contribution in [0.15, 0.2) is 94.2 Å². The molecule has 0 atom stereocenters. The Morgan fingerprint density at radius 1 is 0.938 bits per heavy atom. The molecule has 1 aromatic heterocycles. The zero-order chi connectivity index (χ0) is 22.7. The zero-order valence-corrected chi connectivity index (χ0v) is 18.0. The normalized spacial score (nSPS) is 11.3. The first kappa shape index (κ1) is 21.3. The lowest BCUT2D eigenvalue weighted by Gasteiger charge is -2.06. The maximum absolute atomic E-state index is 13.0. The molecule has 0 aliphatic carbocycles. The van der Waals surface area contributed by atoms with Crippen molar-refractivity contribution in [3.63, 3.8) is 0 Å². The predicted octanol–water partition coefficient (Wildman–Crippen LogP) is 3.42. The van der Waals surface area contributed by atoms with E-state index >= 15 is 0 Å². The number of amides is 1. The molecule has 0 bridgehead atoms. The Morgan fingerprint density at radius 3 is 2.16 bits per heavy atom. The molecular formula is C24H21N2O5S+. The number of nitrogens with zero attached hydrogens (tertiary/aromatic N) is 1. The van der Waals surface area contributed by atoms with E-state index in [2.05, 4.69) is 0 Å². The molecule has 162 valence electrons. The van der Waals surface area contributed by atoms with E-state index in [0.717, 1.165) is 11.1 Å². The highest BCUT2D eigenvalue weighted by molar-refractivity contribution is 7.90. The Kier molecular flexibility index (Phi) is 5.79. The van der Waals surface area contributed by atoms with Crippen LogP contribution in [-0.2, 0) is 16.6 Å². The minimum Gasteiger partial charge on any atom is -0.476 e. The topological polar surface area (TPSA) is 100 Å². The first-order valence-electron chi connectivity index (χ1n) is 9.84. The van der Waals surface area contributed by atoms with Crippen molar-refractivity contribution in [2.24, 2.45) is 0 Å². The van der Waals surface area contributed by atoms with Crippen LogP contribution in [0.5, 0.6) is 5.95 Å². The minimum atomic E-state index is -4.15. The summed E-state index contributed by atoms with van der Waals surface area (Å²) in [5.74, 6) is -1.44. The quantitative estimate of drug-likeness (QED) is 0.440. The molecule has 0 aliphatic heterocycles. The van der Waals surface area contributed by atoms with E-state index in [-0.39, 0.29) is 23.0 Å². The number of hydrogen-bond donors (Lipinski definition) is 2. The fourth-order valence-corrected chi connectivity index (χ4v) is 4.24. The van der Waals surface area contributed by atoms with Gasteiger partial charge in [-0.3, -0.25) is 4.79 Å². The van der Waals surface area contributed by atoms with Gasteiger partial charge in [-0.15, -0.1) is 4.57 Å². The molecule has 0 fully saturated rings. The molecule has 1 heterocycles. The zero-order valence-electron chi connectivity index (χ0n) is 17.2. The Morgan fingerprint density at radius 2 is 1.53 bits per heavy atom. The molecule has 32 heavy (non-hydrogen) atoms. The first-order valence-corrected chi connectivity index (χ1v) is 11.3. The van der Waals surface area contributed by atoms with E-state index in [0.29, 0.717) is 5.56 Å². The molecule has 0 saturated carbocycles. The van der Waals surface area contributed by atoms with Gasteiger partial charge in [0.25, 0.3) is 10.0 Å². The Bertz CT molecular complexity index is 1350. The molecule has 4 rings (SSSR count). The number of aromatic hydroxyl groups is 1. The lowest BCUT2D eigenvalue weighted by molar-refractivity contribution is -0.681. The van der Waals surface area contributed by atoms with Gasteiger partial charge in [-0.1, -0.05) is 66.2 Å². The number of carbonyl (C=O) groups is 1. The molecule has 8 heteroatoms. The summed E-state index contributed by atoms with van der Waals surface area (Å²) in [5.41, 5.74) is 2.06. The number of aromatic nitrogens is 1. The summed E-state index contributed by atoms with van der Waals surface area (Å²) in [4.78, 5) is 13.0. The maximum atomic E-state index is 13.0. The third-order valence-corrected chi connectivity index (χ3v) is 6.24. The molecule has 0 aliphatic rings. The van der Waals surface area contributed by atoms with Gasteiger partial charge in [-0.2, -0.15) is 0 Å². The highest BCUT2D eigenvalue weighted by Gasteiger charge is 2.37. The van der Waals surface area contributed by atoms with Crippen molar-refractivity contribution >= 4 is 15.9 Å². The first-order chi connectivity index (χ1) is 15.3. The molecule has 0 spiro atoms. The van der Waals surface area contributed by atoms with Crippen molar-refractivity contribution in [1.29, 1.82) is 0 Å². The fourth-order valence-electron chi connectivity index (χ4n) is 3.29. The number of oxazole rings is 1. The van der Waals surface area contributed by atoms with Crippen LogP contribution in [0, 0.1) is 6.92 Å². The number of carbonyl (C=O) groups excluding carboxylic acids is 1. The Hall–Kier alpha value is -3.91. The van der Waals surface area contributed by atoms with Gasteiger partial charge in [-0.25, -0.2) is 13.1 Å². The second-order valence-corrected chi connectivity index (χ2v) is 8.93. The summed E-state index contributed by atoms with van der Waals surface area (Å²) >= 11 is 0. The van der Waals surface area contributed by atoms with Crippen molar-refractivity contribution < 1.29 is 27.3 Å². The number of rotatable bonds is 6. The summed E-state index contributed by atoms with van der Waals surface area (Å²) in [5, 5.41) is 10.5. The van der Waals surface area contributed by atoms with Crippen molar-refractivity contribution in [1.82, 2.24) is 4.72 Å². The number of hydrogen-bond acceptors (Lipinski definition) is 5. The van der Waals surface area contributed by atoms with Crippen LogP contribution >= 0.6 is 0 Å². The van der Waals surface area contributed by atoms with E-state index in [1.54, 1.807) is 36.4 Å². The van der Waals surface area contributed by atoms with Gasteiger partial charge < -0.3 is 9.52 Å². The van der Waals surface area contributed by atoms with Crippen LogP contribution in [0.25, 0.3) is 11.5 Å². The minimum absolute atomic E-state index is 0.0580. The number of benzene rings is 3. The summed E-state index contributed by atoms with van der Waals surface area (Å²) in [6.45, 7) is 2.01. The summed E-state index contributed by atoms with van der Waals surface area (Å²) < 4.78 is 34.5. The molecule has 0 unspecified atom stereocenters. The van der Waals surface area contributed by atoms with Gasteiger partial charge in [0.2, 0.25) is 0 Å². The van der Waals surface area contributed by atoms with Crippen LogP contribution in [0.2, 0.25) is 0 Å². The Labute approximate surface area is 185 Å². The number of sulfonamides is 1. The molecule has 3 aromatic carbocycles. The fraction of sp³-hybridized carbons (Fsp3) is 0.0833. The van der Waals surface area contributed by atoms with Gasteiger partial charge >= 0.3 is 23.4 Å². The molecule has 1 amide bonds. The third-order valence-electron chi connectivity index (χ3n) is 4.89. The van der Waals surface area contributed by atoms with Crippen molar-refractivity contribution in [2.75, 3.05) is 0 Å². The molecule has 7 nitrogen and oxygen atoms in total. The van der Waals surface area contributed by atoms with Crippen molar-refractivity contribution in [2.45, 2.75) is 18.4 Å². The monoisotopic (exact) mass is 449 g/mol. The predicted molar refractivity (Wildman–Crippen MR) is 117 cm³/mol. The molecule has 2 N–H and O–H groups in total. The summed E-state index contributed by atoms with van der Waals surface area (Å²) in [7, 11) is -4.15. The number of nitrogens with one attached hydrogen (secondary N) is 1. The standard InChI is InChI=1S/C24H20N2O5S/c1-17-12-14-20(15-13-17)32(29,30)25-22(27)21-24(28)31-23(19-10-6-3-7-11-19)26(21)16-18-8-4-2-5-9-18/h2-15H,16H2,1H3,(H-,25,27,28)/p+1. The van der Waals surface area contributed by atoms with E-state index in [9.17, 15) is 18.3 Å². The molecule has 0 radical (unpaired) electrons. The average molecular weight is 450 g/mol. The maximum Gasteiger partial charge on any atom is 0.384 e. The smallest absolute Gasteiger partial charge is 0.384 e. The largest absolute Gasteiger partial charge is 0.476 e. The van der Waals surface area contributed by atoms with Crippen LogP contribution in [-0.4, -0.2) is 19.4 Å². The highest BCUT2D eigenvalue weighted by Crippen LogP contribution is 2.26. The third kappa shape index (κ3) is 4.40. The summed E-state index contributed by atoms with van der Waals surface area (Å²) in [6, 6.07) is 24.3. The summed E-state index contributed by atoms with van der Waals surface area (Å²) in [6.07, 6.45) is 0. The average Bonchev–Trinajstić information content (AvgIpc) is 3.11. The lowest BCUT2D eigenvalue weighted by Crippen LogP contribution is -2.45.